The molecule has 2 heteroatoms. The van der Waals surface area contributed by atoms with E-state index in [0.29, 0.717) is 0 Å². The van der Waals surface area contributed by atoms with E-state index in [9.17, 15) is 0 Å². The number of fused-ring (bicyclic) bond motifs is 1. The van der Waals surface area contributed by atoms with Gasteiger partial charge >= 0.3 is 0 Å². The van der Waals surface area contributed by atoms with Crippen LogP contribution in [-0.4, -0.2) is 17.8 Å². The molecule has 0 spiro atoms. The number of aromatic nitrogens is 1. The fourth-order valence-electron chi connectivity index (χ4n) is 2.69. The molecule has 0 radical (unpaired) electrons. The Morgan fingerprint density at radius 1 is 1.12 bits per heavy atom. The van der Waals surface area contributed by atoms with Gasteiger partial charge in [0.2, 0.25) is 0 Å². The molecule has 17 heavy (non-hydrogen) atoms. The van der Waals surface area contributed by atoms with Gasteiger partial charge in [-0.2, -0.15) is 0 Å². The van der Waals surface area contributed by atoms with Crippen LogP contribution in [0, 0.1) is 5.92 Å². The Morgan fingerprint density at radius 2 is 1.94 bits per heavy atom. The van der Waals surface area contributed by atoms with Crippen LogP contribution >= 0.6 is 0 Å². The highest BCUT2D eigenvalue weighted by atomic mass is 16.5. The van der Waals surface area contributed by atoms with E-state index in [0.717, 1.165) is 25.7 Å². The van der Waals surface area contributed by atoms with E-state index in [1.165, 1.54) is 30.2 Å². The Hall–Kier alpha value is -1.28. The van der Waals surface area contributed by atoms with Crippen LogP contribution in [0.4, 0.5) is 0 Å². The third kappa shape index (κ3) is 2.37. The van der Waals surface area contributed by atoms with Gasteiger partial charge in [0.05, 0.1) is 0 Å². The zero-order valence-electron chi connectivity index (χ0n) is 10.1. The molecule has 0 unspecified atom stereocenters. The Labute approximate surface area is 102 Å². The average Bonchev–Trinajstić information content (AvgIpc) is 2.81. The van der Waals surface area contributed by atoms with Crippen LogP contribution in [0.15, 0.2) is 36.5 Å². The first-order valence-corrected chi connectivity index (χ1v) is 6.55. The van der Waals surface area contributed by atoms with Crippen molar-refractivity contribution >= 4 is 10.9 Å². The Morgan fingerprint density at radius 3 is 2.82 bits per heavy atom. The summed E-state index contributed by atoms with van der Waals surface area (Å²) in [6.07, 6.45) is 5.96. The highest BCUT2D eigenvalue weighted by Gasteiger charge is 2.13. The van der Waals surface area contributed by atoms with Crippen molar-refractivity contribution in [2.75, 3.05) is 13.2 Å². The fourth-order valence-corrected chi connectivity index (χ4v) is 2.69. The molecule has 1 aromatic carbocycles. The SMILES string of the molecule is c1ccc2c(c1)ccn2CCC1CCOCC1. The van der Waals surface area contributed by atoms with Crippen molar-refractivity contribution in [2.45, 2.75) is 25.8 Å². The number of aryl methyl sites for hydroxylation is 1. The largest absolute Gasteiger partial charge is 0.381 e. The van der Waals surface area contributed by atoms with E-state index >= 15 is 0 Å². The molecule has 1 aliphatic heterocycles. The number of para-hydroxylation sites is 1. The standard InChI is InChI=1S/C15H19NO/c1-2-4-15-14(3-1)6-10-16(15)9-5-13-7-11-17-12-8-13/h1-4,6,10,13H,5,7-9,11-12H2. The lowest BCUT2D eigenvalue weighted by Gasteiger charge is -2.22. The quantitative estimate of drug-likeness (QED) is 0.786. The normalized spacial score (nSPS) is 17.6. The Kier molecular flexibility index (Phi) is 3.14. The van der Waals surface area contributed by atoms with Gasteiger partial charge in [-0.05, 0) is 42.7 Å². The number of rotatable bonds is 3. The third-order valence-electron chi connectivity index (χ3n) is 3.80. The summed E-state index contributed by atoms with van der Waals surface area (Å²) in [7, 11) is 0. The molecule has 2 heterocycles. The van der Waals surface area contributed by atoms with Gasteiger partial charge in [0.1, 0.15) is 0 Å². The van der Waals surface area contributed by atoms with Crippen LogP contribution in [-0.2, 0) is 11.3 Å². The predicted octanol–water partition coefficient (Wildman–Crippen LogP) is 3.46. The highest BCUT2D eigenvalue weighted by Crippen LogP contribution is 2.21. The maximum atomic E-state index is 5.40. The molecule has 2 aromatic rings. The van der Waals surface area contributed by atoms with Crippen LogP contribution in [0.5, 0.6) is 0 Å². The molecule has 1 aromatic heterocycles. The van der Waals surface area contributed by atoms with Crippen molar-refractivity contribution in [1.29, 1.82) is 0 Å². The van der Waals surface area contributed by atoms with Crippen LogP contribution in [0.25, 0.3) is 10.9 Å². The number of nitrogens with zero attached hydrogens (tertiary/aromatic N) is 1. The van der Waals surface area contributed by atoms with Crippen molar-refractivity contribution in [2.24, 2.45) is 5.92 Å². The number of hydrogen-bond acceptors (Lipinski definition) is 1. The van der Waals surface area contributed by atoms with Gasteiger partial charge in [0.25, 0.3) is 0 Å². The van der Waals surface area contributed by atoms with E-state index in [-0.39, 0.29) is 0 Å². The van der Waals surface area contributed by atoms with E-state index < -0.39 is 0 Å². The summed E-state index contributed by atoms with van der Waals surface area (Å²) in [5.74, 6) is 0.852. The van der Waals surface area contributed by atoms with Crippen molar-refractivity contribution in [3.05, 3.63) is 36.5 Å². The first-order chi connectivity index (χ1) is 8.43. The minimum Gasteiger partial charge on any atom is -0.381 e. The maximum absolute atomic E-state index is 5.40. The van der Waals surface area contributed by atoms with Gasteiger partial charge in [-0.25, -0.2) is 0 Å². The average molecular weight is 229 g/mol. The van der Waals surface area contributed by atoms with Gasteiger partial charge in [0, 0.05) is 31.5 Å². The molecule has 0 amide bonds. The molecule has 1 fully saturated rings. The van der Waals surface area contributed by atoms with Gasteiger partial charge in [-0.3, -0.25) is 0 Å². The molecule has 1 saturated heterocycles. The second-order valence-corrected chi connectivity index (χ2v) is 4.91. The molecule has 1 aliphatic rings. The number of hydrogen-bond donors (Lipinski definition) is 0. The van der Waals surface area contributed by atoms with Crippen molar-refractivity contribution in [3.8, 4) is 0 Å². The summed E-state index contributed by atoms with van der Waals surface area (Å²) >= 11 is 0. The zero-order valence-corrected chi connectivity index (χ0v) is 10.1. The van der Waals surface area contributed by atoms with Crippen LogP contribution in [0.3, 0.4) is 0 Å². The first kappa shape index (κ1) is 10.8. The second-order valence-electron chi connectivity index (χ2n) is 4.91. The topological polar surface area (TPSA) is 14.2 Å². The zero-order chi connectivity index (χ0) is 11.5. The molecule has 0 atom stereocenters. The van der Waals surface area contributed by atoms with Crippen LogP contribution in [0.2, 0.25) is 0 Å². The molecule has 0 N–H and O–H groups in total. The van der Waals surface area contributed by atoms with Gasteiger partial charge in [-0.15, -0.1) is 0 Å². The van der Waals surface area contributed by atoms with Gasteiger partial charge in [0.15, 0.2) is 0 Å². The Bertz CT molecular complexity index is 482. The smallest absolute Gasteiger partial charge is 0.0480 e. The minimum atomic E-state index is 0.852. The monoisotopic (exact) mass is 229 g/mol. The number of benzene rings is 1. The molecular weight excluding hydrogens is 210 g/mol. The molecule has 0 saturated carbocycles. The molecule has 3 rings (SSSR count). The molecular formula is C15H19NO. The lowest BCUT2D eigenvalue weighted by Crippen LogP contribution is -2.17. The second kappa shape index (κ2) is 4.92. The maximum Gasteiger partial charge on any atom is 0.0480 e. The summed E-state index contributed by atoms with van der Waals surface area (Å²) in [5, 5.41) is 1.35. The predicted molar refractivity (Wildman–Crippen MR) is 70.1 cm³/mol. The summed E-state index contributed by atoms with van der Waals surface area (Å²) in [5.41, 5.74) is 1.36. The summed E-state index contributed by atoms with van der Waals surface area (Å²) in [4.78, 5) is 0. The molecule has 0 bridgehead atoms. The first-order valence-electron chi connectivity index (χ1n) is 6.55. The van der Waals surface area contributed by atoms with Gasteiger partial charge < -0.3 is 9.30 Å². The van der Waals surface area contributed by atoms with Crippen molar-refractivity contribution < 1.29 is 4.74 Å². The summed E-state index contributed by atoms with van der Waals surface area (Å²) < 4.78 is 7.78. The minimum absolute atomic E-state index is 0.852. The van der Waals surface area contributed by atoms with Crippen molar-refractivity contribution in [1.82, 2.24) is 4.57 Å². The van der Waals surface area contributed by atoms with E-state index in [1.54, 1.807) is 0 Å². The molecule has 0 aliphatic carbocycles. The van der Waals surface area contributed by atoms with Crippen molar-refractivity contribution in [3.63, 3.8) is 0 Å². The lowest BCUT2D eigenvalue weighted by atomic mass is 9.97. The summed E-state index contributed by atoms with van der Waals surface area (Å²) in [6.45, 7) is 3.05. The molecule has 90 valence electrons. The van der Waals surface area contributed by atoms with E-state index in [1.807, 2.05) is 0 Å². The van der Waals surface area contributed by atoms with Crippen LogP contribution < -0.4 is 0 Å². The lowest BCUT2D eigenvalue weighted by molar-refractivity contribution is 0.0627. The van der Waals surface area contributed by atoms with Crippen LogP contribution in [0.1, 0.15) is 19.3 Å². The van der Waals surface area contributed by atoms with E-state index in [2.05, 4.69) is 41.1 Å². The summed E-state index contributed by atoms with van der Waals surface area (Å²) in [6, 6.07) is 10.8. The van der Waals surface area contributed by atoms with E-state index in [4.69, 9.17) is 4.74 Å². The molecule has 2 nitrogen and oxygen atoms in total. The highest BCUT2D eigenvalue weighted by molar-refractivity contribution is 5.79. The number of ether oxygens (including phenoxy) is 1. The fraction of sp³-hybridized carbons (Fsp3) is 0.467. The third-order valence-corrected chi connectivity index (χ3v) is 3.80. The Balaban J connectivity index is 1.68. The van der Waals surface area contributed by atoms with Gasteiger partial charge in [-0.1, -0.05) is 18.2 Å².